The van der Waals surface area contributed by atoms with Crippen molar-refractivity contribution in [2.45, 2.75) is 26.8 Å². The third kappa shape index (κ3) is 4.53. The summed E-state index contributed by atoms with van der Waals surface area (Å²) < 4.78 is 16.1. The summed E-state index contributed by atoms with van der Waals surface area (Å²) >= 11 is 0. The number of aryl methyl sites for hydroxylation is 1. The smallest absolute Gasteiger partial charge is 0.339 e. The van der Waals surface area contributed by atoms with Crippen molar-refractivity contribution < 1.29 is 28.6 Å². The van der Waals surface area contributed by atoms with Crippen LogP contribution in [0.1, 0.15) is 45.6 Å². The number of aromatic carboxylic acids is 1. The number of hydrogen-bond donors (Lipinski definition) is 2. The molecule has 0 unspecified atom stereocenters. The van der Waals surface area contributed by atoms with E-state index in [0.717, 1.165) is 6.42 Å². The molecule has 0 bridgehead atoms. The van der Waals surface area contributed by atoms with Crippen LogP contribution in [0.5, 0.6) is 11.5 Å². The van der Waals surface area contributed by atoms with Crippen LogP contribution in [0.2, 0.25) is 0 Å². The number of ether oxygens (including phenoxy) is 2. The fraction of sp³-hybridized carbons (Fsp3) is 0.333. The van der Waals surface area contributed by atoms with Crippen LogP contribution >= 0.6 is 0 Å². The van der Waals surface area contributed by atoms with Gasteiger partial charge in [-0.3, -0.25) is 4.79 Å². The van der Waals surface area contributed by atoms with Gasteiger partial charge in [0.25, 0.3) is 5.91 Å². The second kappa shape index (κ2) is 8.23. The standard InChI is InChI=1S/C18H21NO6/c1-4-7-24-16-9-12(23-3)5-6-14(16)17(20)19-10-13-8-15(18(21)22)11(2)25-13/h5-6,8-9H,4,7,10H2,1-3H3,(H,19,20)(H,21,22). The van der Waals surface area contributed by atoms with E-state index in [9.17, 15) is 9.59 Å². The van der Waals surface area contributed by atoms with E-state index in [0.29, 0.717) is 35.2 Å². The summed E-state index contributed by atoms with van der Waals surface area (Å²) in [6.07, 6.45) is 0.807. The molecule has 0 radical (unpaired) electrons. The molecule has 25 heavy (non-hydrogen) atoms. The first-order valence-corrected chi connectivity index (χ1v) is 7.87. The van der Waals surface area contributed by atoms with Crippen molar-refractivity contribution in [1.82, 2.24) is 5.32 Å². The summed E-state index contributed by atoms with van der Waals surface area (Å²) in [5.74, 6) is 0.279. The van der Waals surface area contributed by atoms with Gasteiger partial charge in [-0.25, -0.2) is 4.79 Å². The Morgan fingerprint density at radius 3 is 2.60 bits per heavy atom. The fourth-order valence-corrected chi connectivity index (χ4v) is 2.25. The van der Waals surface area contributed by atoms with E-state index in [2.05, 4.69) is 5.32 Å². The predicted octanol–water partition coefficient (Wildman–Crippen LogP) is 3.01. The number of nitrogens with one attached hydrogen (secondary N) is 1. The third-order valence-electron chi connectivity index (χ3n) is 3.52. The summed E-state index contributed by atoms with van der Waals surface area (Å²) in [4.78, 5) is 23.5. The zero-order valence-electron chi connectivity index (χ0n) is 14.4. The zero-order valence-corrected chi connectivity index (χ0v) is 14.4. The topological polar surface area (TPSA) is 98.0 Å². The quantitative estimate of drug-likeness (QED) is 0.762. The summed E-state index contributed by atoms with van der Waals surface area (Å²) in [7, 11) is 1.54. The summed E-state index contributed by atoms with van der Waals surface area (Å²) in [5.41, 5.74) is 0.455. The average molecular weight is 347 g/mol. The van der Waals surface area contributed by atoms with Crippen molar-refractivity contribution in [3.8, 4) is 11.5 Å². The molecule has 0 spiro atoms. The van der Waals surface area contributed by atoms with E-state index in [4.69, 9.17) is 19.0 Å². The maximum atomic E-state index is 12.4. The van der Waals surface area contributed by atoms with Crippen LogP contribution < -0.4 is 14.8 Å². The first kappa shape index (κ1) is 18.4. The van der Waals surface area contributed by atoms with Crippen molar-refractivity contribution in [2.24, 2.45) is 0 Å². The highest BCUT2D eigenvalue weighted by atomic mass is 16.5. The molecule has 0 atom stereocenters. The van der Waals surface area contributed by atoms with Gasteiger partial charge in [0.15, 0.2) is 0 Å². The Balaban J connectivity index is 2.12. The molecule has 0 aliphatic heterocycles. The van der Waals surface area contributed by atoms with Gasteiger partial charge in [-0.2, -0.15) is 0 Å². The lowest BCUT2D eigenvalue weighted by Crippen LogP contribution is -2.23. The molecule has 0 aliphatic rings. The molecule has 0 fully saturated rings. The minimum atomic E-state index is -1.07. The number of carbonyl (C=O) groups is 2. The minimum absolute atomic E-state index is 0.0756. The second-order valence-electron chi connectivity index (χ2n) is 5.38. The molecule has 1 aromatic heterocycles. The molecule has 2 aromatic rings. The van der Waals surface area contributed by atoms with Crippen LogP contribution in [0.15, 0.2) is 28.7 Å². The molecule has 1 aromatic carbocycles. The van der Waals surface area contributed by atoms with Crippen molar-refractivity contribution in [1.29, 1.82) is 0 Å². The number of furan rings is 1. The van der Waals surface area contributed by atoms with Gasteiger partial charge in [-0.15, -0.1) is 0 Å². The predicted molar refractivity (Wildman–Crippen MR) is 90.4 cm³/mol. The van der Waals surface area contributed by atoms with Gasteiger partial charge in [0.1, 0.15) is 28.6 Å². The number of carbonyl (C=O) groups excluding carboxylic acids is 1. The third-order valence-corrected chi connectivity index (χ3v) is 3.52. The number of amides is 1. The molecule has 0 aliphatic carbocycles. The molecule has 7 heteroatoms. The molecule has 7 nitrogen and oxygen atoms in total. The van der Waals surface area contributed by atoms with E-state index >= 15 is 0 Å². The lowest BCUT2D eigenvalue weighted by atomic mass is 10.1. The van der Waals surface area contributed by atoms with Crippen molar-refractivity contribution in [2.75, 3.05) is 13.7 Å². The molecule has 2 N–H and O–H groups in total. The van der Waals surface area contributed by atoms with E-state index in [1.165, 1.54) is 13.2 Å². The summed E-state index contributed by atoms with van der Waals surface area (Å²) in [6, 6.07) is 6.35. The second-order valence-corrected chi connectivity index (χ2v) is 5.38. The van der Waals surface area contributed by atoms with Crippen molar-refractivity contribution in [3.63, 3.8) is 0 Å². The van der Waals surface area contributed by atoms with E-state index in [1.807, 2.05) is 6.92 Å². The number of benzene rings is 1. The lowest BCUT2D eigenvalue weighted by molar-refractivity contribution is 0.0694. The van der Waals surface area contributed by atoms with Gasteiger partial charge in [-0.1, -0.05) is 6.92 Å². The first-order chi connectivity index (χ1) is 12.0. The largest absolute Gasteiger partial charge is 0.497 e. The van der Waals surface area contributed by atoms with Gasteiger partial charge in [0.2, 0.25) is 0 Å². The number of carboxylic acid groups (broad SMARTS) is 1. The number of carboxylic acids is 1. The molecule has 1 heterocycles. The average Bonchev–Trinajstić information content (AvgIpc) is 2.98. The van der Waals surface area contributed by atoms with Crippen LogP contribution in [0.4, 0.5) is 0 Å². The zero-order chi connectivity index (χ0) is 18.4. The van der Waals surface area contributed by atoms with Gasteiger partial charge in [0.05, 0.1) is 25.8 Å². The van der Waals surface area contributed by atoms with Gasteiger partial charge >= 0.3 is 5.97 Å². The summed E-state index contributed by atoms with van der Waals surface area (Å²) in [6.45, 7) is 4.09. The minimum Gasteiger partial charge on any atom is -0.497 e. The normalized spacial score (nSPS) is 10.4. The summed E-state index contributed by atoms with van der Waals surface area (Å²) in [5, 5.41) is 11.7. The Kier molecular flexibility index (Phi) is 6.05. The Labute approximate surface area is 145 Å². The number of hydrogen-bond acceptors (Lipinski definition) is 5. The Morgan fingerprint density at radius 2 is 2.00 bits per heavy atom. The molecular weight excluding hydrogens is 326 g/mol. The van der Waals surface area contributed by atoms with Crippen LogP contribution in [0.3, 0.4) is 0 Å². The monoisotopic (exact) mass is 347 g/mol. The SMILES string of the molecule is CCCOc1cc(OC)ccc1C(=O)NCc1cc(C(=O)O)c(C)o1. The van der Waals surface area contributed by atoms with E-state index in [1.54, 1.807) is 25.1 Å². The highest BCUT2D eigenvalue weighted by molar-refractivity contribution is 5.97. The Bertz CT molecular complexity index is 765. The van der Waals surface area contributed by atoms with Crippen LogP contribution in [-0.2, 0) is 6.54 Å². The highest BCUT2D eigenvalue weighted by Crippen LogP contribution is 2.25. The molecule has 2 rings (SSSR count). The molecule has 1 amide bonds. The maximum Gasteiger partial charge on any atom is 0.339 e. The fourth-order valence-electron chi connectivity index (χ4n) is 2.25. The maximum absolute atomic E-state index is 12.4. The molecule has 0 saturated heterocycles. The van der Waals surface area contributed by atoms with Crippen molar-refractivity contribution >= 4 is 11.9 Å². The van der Waals surface area contributed by atoms with Crippen LogP contribution in [0, 0.1) is 6.92 Å². The first-order valence-electron chi connectivity index (χ1n) is 7.87. The Morgan fingerprint density at radius 1 is 1.24 bits per heavy atom. The van der Waals surface area contributed by atoms with Crippen LogP contribution in [0.25, 0.3) is 0 Å². The lowest BCUT2D eigenvalue weighted by Gasteiger charge is -2.12. The Hall–Kier alpha value is -2.96. The van der Waals surface area contributed by atoms with E-state index < -0.39 is 5.97 Å². The molecular formula is C18H21NO6. The van der Waals surface area contributed by atoms with Crippen molar-refractivity contribution in [3.05, 3.63) is 46.9 Å². The van der Waals surface area contributed by atoms with Gasteiger partial charge in [0, 0.05) is 6.07 Å². The van der Waals surface area contributed by atoms with Gasteiger partial charge in [-0.05, 0) is 31.5 Å². The van der Waals surface area contributed by atoms with Crippen LogP contribution in [-0.4, -0.2) is 30.7 Å². The number of rotatable bonds is 8. The highest BCUT2D eigenvalue weighted by Gasteiger charge is 2.17. The molecule has 0 saturated carbocycles. The number of methoxy groups -OCH3 is 1. The molecule has 134 valence electrons. The van der Waals surface area contributed by atoms with E-state index in [-0.39, 0.29) is 18.0 Å². The van der Waals surface area contributed by atoms with Gasteiger partial charge < -0.3 is 24.3 Å².